The van der Waals surface area contributed by atoms with E-state index in [9.17, 15) is 14.3 Å². The summed E-state index contributed by atoms with van der Waals surface area (Å²) < 4.78 is 18.5. The highest BCUT2D eigenvalue weighted by molar-refractivity contribution is 7.78. The molecular weight excluding hydrogens is 318 g/mol. The number of piperidine rings is 1. The van der Waals surface area contributed by atoms with Crippen molar-refractivity contribution < 1.29 is 13.3 Å². The average Bonchev–Trinajstić information content (AvgIpc) is 2.56. The molecule has 1 N–H and O–H groups in total. The molecule has 1 aromatic carbocycles. The van der Waals surface area contributed by atoms with Crippen molar-refractivity contribution >= 4 is 17.0 Å². The lowest BCUT2D eigenvalue weighted by Gasteiger charge is -2.24. The zero-order valence-electron chi connectivity index (χ0n) is 13.7. The van der Waals surface area contributed by atoms with E-state index < -0.39 is 16.2 Å². The van der Waals surface area contributed by atoms with Crippen molar-refractivity contribution in [1.29, 1.82) is 0 Å². The van der Waals surface area contributed by atoms with Crippen LogP contribution < -0.4 is 8.91 Å². The van der Waals surface area contributed by atoms with Crippen molar-refractivity contribution in [3.63, 3.8) is 0 Å². The number of para-hydroxylation sites is 2. The van der Waals surface area contributed by atoms with Gasteiger partial charge in [-0.15, -0.1) is 0 Å². The Bertz CT molecular complexity index is 507. The molecule has 1 aliphatic heterocycles. The van der Waals surface area contributed by atoms with Gasteiger partial charge in [-0.3, -0.25) is 10.1 Å². The summed E-state index contributed by atoms with van der Waals surface area (Å²) in [5.41, 5.74) is -0.205. The number of nitrogens with one attached hydrogen (secondary N) is 1. The molecule has 0 radical (unpaired) electrons. The van der Waals surface area contributed by atoms with Gasteiger partial charge in [-0.1, -0.05) is 32.4 Å². The second-order valence-corrected chi connectivity index (χ2v) is 5.96. The van der Waals surface area contributed by atoms with Crippen LogP contribution in [0.5, 0.6) is 5.75 Å². The van der Waals surface area contributed by atoms with Crippen LogP contribution in [0.1, 0.15) is 33.1 Å². The Morgan fingerprint density at radius 2 is 1.91 bits per heavy atom. The summed E-state index contributed by atoms with van der Waals surface area (Å²) in [6, 6.07) is 5.78. The molecular formula is C15H25N3O4S. The maximum atomic E-state index is 11.1. The van der Waals surface area contributed by atoms with Gasteiger partial charge in [0.15, 0.2) is 0 Å². The number of benzene rings is 1. The Kier molecular flexibility index (Phi) is 9.42. The quantitative estimate of drug-likeness (QED) is 0.634. The second kappa shape index (κ2) is 11.1. The Morgan fingerprint density at radius 3 is 2.43 bits per heavy atom. The predicted octanol–water partition coefficient (Wildman–Crippen LogP) is 2.65. The van der Waals surface area contributed by atoms with E-state index in [-0.39, 0.29) is 11.4 Å². The molecule has 130 valence electrons. The first-order valence-electron chi connectivity index (χ1n) is 7.87. The van der Waals surface area contributed by atoms with Crippen LogP contribution in [0.3, 0.4) is 0 Å². The predicted molar refractivity (Wildman–Crippen MR) is 91.5 cm³/mol. The van der Waals surface area contributed by atoms with Crippen molar-refractivity contribution in [2.45, 2.75) is 33.1 Å². The van der Waals surface area contributed by atoms with Gasteiger partial charge in [-0.2, -0.15) is 4.21 Å². The average molecular weight is 343 g/mol. The van der Waals surface area contributed by atoms with Crippen molar-refractivity contribution in [3.8, 4) is 5.75 Å². The molecule has 0 aliphatic carbocycles. The van der Waals surface area contributed by atoms with E-state index in [1.165, 1.54) is 57.1 Å². The third kappa shape index (κ3) is 7.54. The molecule has 1 aliphatic rings. The van der Waals surface area contributed by atoms with Crippen LogP contribution in [0.2, 0.25) is 0 Å². The summed E-state index contributed by atoms with van der Waals surface area (Å²) in [6.07, 6.45) is 4.30. The van der Waals surface area contributed by atoms with Crippen LogP contribution in [0.25, 0.3) is 0 Å². The number of hydrogen-bond donors (Lipinski definition) is 1. The molecule has 1 fully saturated rings. The summed E-state index contributed by atoms with van der Waals surface area (Å²) in [5, 5.41) is 10.6. The number of hydrogen-bond acceptors (Lipinski definition) is 5. The van der Waals surface area contributed by atoms with Crippen molar-refractivity contribution in [2.24, 2.45) is 0 Å². The highest BCUT2D eigenvalue weighted by Crippen LogP contribution is 2.26. The maximum absolute atomic E-state index is 11.1. The Morgan fingerprint density at radius 1 is 1.26 bits per heavy atom. The lowest BCUT2D eigenvalue weighted by molar-refractivity contribution is -0.385. The summed E-state index contributed by atoms with van der Waals surface area (Å²) >= 11 is -1.75. The highest BCUT2D eigenvalue weighted by atomic mass is 32.2. The summed E-state index contributed by atoms with van der Waals surface area (Å²) in [5.74, 6) is -0.0122. The minimum atomic E-state index is -1.75. The number of nitro benzene ring substituents is 1. The molecule has 0 saturated carbocycles. The van der Waals surface area contributed by atoms with Crippen LogP contribution in [-0.4, -0.2) is 40.2 Å². The van der Waals surface area contributed by atoms with E-state index in [0.29, 0.717) is 6.54 Å². The van der Waals surface area contributed by atoms with Crippen LogP contribution >= 0.6 is 0 Å². The van der Waals surface area contributed by atoms with Gasteiger partial charge >= 0.3 is 5.69 Å². The highest BCUT2D eigenvalue weighted by Gasteiger charge is 2.15. The van der Waals surface area contributed by atoms with Crippen LogP contribution in [0.4, 0.5) is 5.69 Å². The van der Waals surface area contributed by atoms with Gasteiger partial charge in [0, 0.05) is 12.6 Å². The van der Waals surface area contributed by atoms with Gasteiger partial charge in [0.25, 0.3) is 11.3 Å². The van der Waals surface area contributed by atoms with Crippen molar-refractivity contribution in [2.75, 3.05) is 26.2 Å². The normalized spacial score (nSPS) is 16.1. The smallest absolute Gasteiger partial charge is 0.312 e. The summed E-state index contributed by atoms with van der Waals surface area (Å²) in [4.78, 5) is 12.5. The molecule has 1 heterocycles. The third-order valence-electron chi connectivity index (χ3n) is 3.39. The van der Waals surface area contributed by atoms with E-state index in [1.807, 2.05) is 0 Å². The molecule has 1 atom stereocenters. The molecule has 1 aromatic rings. The van der Waals surface area contributed by atoms with Crippen molar-refractivity contribution in [3.05, 3.63) is 34.4 Å². The Balaban J connectivity index is 0.000000277. The molecule has 0 amide bonds. The molecule has 0 spiro atoms. The molecule has 2 rings (SSSR count). The SMILES string of the molecule is CCN1CCCCC1.CCNS(=O)Oc1ccccc1[N+](=O)[O-]. The zero-order chi connectivity index (χ0) is 17.1. The van der Waals surface area contributed by atoms with Gasteiger partial charge in [-0.25, -0.2) is 4.72 Å². The Labute approximate surface area is 140 Å². The van der Waals surface area contributed by atoms with E-state index in [0.717, 1.165) is 0 Å². The van der Waals surface area contributed by atoms with Gasteiger partial charge in [-0.05, 0) is 38.5 Å². The molecule has 1 saturated heterocycles. The van der Waals surface area contributed by atoms with Crippen LogP contribution in [0, 0.1) is 10.1 Å². The van der Waals surface area contributed by atoms with Gasteiger partial charge < -0.3 is 9.08 Å². The summed E-state index contributed by atoms with van der Waals surface area (Å²) in [7, 11) is 0. The lowest BCUT2D eigenvalue weighted by atomic mass is 10.1. The fourth-order valence-corrected chi connectivity index (χ4v) is 2.78. The molecule has 23 heavy (non-hydrogen) atoms. The molecule has 1 unspecified atom stereocenters. The standard InChI is InChI=1S/C8H10N2O4S.C7H15N/c1-2-9-15(13)14-8-6-4-3-5-7(8)10(11)12;1-2-8-6-4-3-5-7-8/h3-6,9H,2H2,1H3;2-7H2,1H3. The molecule has 0 bridgehead atoms. The fraction of sp³-hybridized carbons (Fsp3) is 0.600. The number of nitrogens with zero attached hydrogens (tertiary/aromatic N) is 2. The van der Waals surface area contributed by atoms with Crippen LogP contribution in [-0.2, 0) is 11.3 Å². The van der Waals surface area contributed by atoms with Crippen molar-refractivity contribution in [1.82, 2.24) is 9.62 Å². The molecule has 0 aromatic heterocycles. The van der Waals surface area contributed by atoms with Gasteiger partial charge in [0.1, 0.15) is 0 Å². The van der Waals surface area contributed by atoms with E-state index in [4.69, 9.17) is 4.18 Å². The van der Waals surface area contributed by atoms with E-state index in [1.54, 1.807) is 13.0 Å². The maximum Gasteiger partial charge on any atom is 0.312 e. The second-order valence-electron chi connectivity index (χ2n) is 5.04. The lowest BCUT2D eigenvalue weighted by Crippen LogP contribution is -2.29. The van der Waals surface area contributed by atoms with E-state index >= 15 is 0 Å². The zero-order valence-corrected chi connectivity index (χ0v) is 14.5. The fourth-order valence-electron chi connectivity index (χ4n) is 2.18. The molecule has 8 heteroatoms. The minimum Gasteiger partial charge on any atom is -0.382 e. The topological polar surface area (TPSA) is 84.7 Å². The first-order chi connectivity index (χ1) is 11.1. The minimum absolute atomic E-state index is 0.0122. The Hall–Kier alpha value is -1.51. The number of rotatable bonds is 6. The van der Waals surface area contributed by atoms with E-state index in [2.05, 4.69) is 16.5 Å². The largest absolute Gasteiger partial charge is 0.382 e. The number of nitro groups is 1. The first-order valence-corrected chi connectivity index (χ1v) is 8.95. The molecule has 7 nitrogen and oxygen atoms in total. The summed E-state index contributed by atoms with van der Waals surface area (Å²) in [6.45, 7) is 8.38. The third-order valence-corrected chi connectivity index (χ3v) is 4.24. The van der Waals surface area contributed by atoms with Gasteiger partial charge in [0.05, 0.1) is 4.92 Å². The van der Waals surface area contributed by atoms with Gasteiger partial charge in [0.2, 0.25) is 5.75 Å². The number of likely N-dealkylation sites (tertiary alicyclic amines) is 1. The van der Waals surface area contributed by atoms with Crippen LogP contribution in [0.15, 0.2) is 24.3 Å². The monoisotopic (exact) mass is 343 g/mol. The first kappa shape index (κ1) is 19.5.